The fourth-order valence-electron chi connectivity index (χ4n) is 2.83. The number of likely N-dealkylation sites (tertiary alicyclic amines) is 1. The summed E-state index contributed by atoms with van der Waals surface area (Å²) >= 11 is 0. The third kappa shape index (κ3) is 3.49. The Bertz CT molecular complexity index is 685. The van der Waals surface area contributed by atoms with Crippen molar-refractivity contribution in [1.82, 2.24) is 25.1 Å². The first-order valence-electron chi connectivity index (χ1n) is 7.87. The Hall–Kier alpha value is -2.44. The smallest absolute Gasteiger partial charge is 0.257 e. The van der Waals surface area contributed by atoms with Crippen molar-refractivity contribution in [2.24, 2.45) is 13.0 Å². The van der Waals surface area contributed by atoms with Gasteiger partial charge in [-0.15, -0.1) is 5.10 Å². The van der Waals surface area contributed by atoms with E-state index in [-0.39, 0.29) is 12.5 Å². The van der Waals surface area contributed by atoms with E-state index in [9.17, 15) is 4.79 Å². The molecule has 0 N–H and O–H groups in total. The lowest BCUT2D eigenvalue weighted by Gasteiger charge is -2.31. The molecule has 0 radical (unpaired) electrons. The minimum Gasteiger partial charge on any atom is -0.485 e. The first-order valence-corrected chi connectivity index (χ1v) is 7.87. The average Bonchev–Trinajstić information content (AvgIpc) is 2.97. The van der Waals surface area contributed by atoms with Gasteiger partial charge in [0.2, 0.25) is 0 Å². The minimum atomic E-state index is 0.0308. The van der Waals surface area contributed by atoms with Crippen molar-refractivity contribution in [2.75, 3.05) is 13.1 Å². The van der Waals surface area contributed by atoms with Crippen molar-refractivity contribution in [1.29, 1.82) is 0 Å². The molecule has 1 aliphatic heterocycles. The van der Waals surface area contributed by atoms with Crippen LogP contribution >= 0.6 is 0 Å². The summed E-state index contributed by atoms with van der Waals surface area (Å²) in [6, 6.07) is 7.34. The number of tetrazole rings is 1. The summed E-state index contributed by atoms with van der Waals surface area (Å²) in [5, 5.41) is 11.2. The number of para-hydroxylation sites is 1. The number of aromatic nitrogens is 4. The van der Waals surface area contributed by atoms with Crippen LogP contribution in [0.2, 0.25) is 0 Å². The van der Waals surface area contributed by atoms with E-state index in [0.29, 0.717) is 23.1 Å². The van der Waals surface area contributed by atoms with Crippen molar-refractivity contribution in [3.8, 4) is 5.75 Å². The van der Waals surface area contributed by atoms with Crippen LogP contribution in [0.3, 0.4) is 0 Å². The Morgan fingerprint density at radius 3 is 2.96 bits per heavy atom. The molecule has 1 atom stereocenters. The number of hydrogen-bond acceptors (Lipinski definition) is 5. The van der Waals surface area contributed by atoms with Gasteiger partial charge in [-0.25, -0.2) is 4.68 Å². The molecule has 1 fully saturated rings. The molecule has 1 amide bonds. The highest BCUT2D eigenvalue weighted by Gasteiger charge is 2.24. The van der Waals surface area contributed by atoms with E-state index in [4.69, 9.17) is 4.74 Å². The second kappa shape index (κ2) is 6.76. The van der Waals surface area contributed by atoms with Gasteiger partial charge in [-0.3, -0.25) is 4.79 Å². The van der Waals surface area contributed by atoms with Crippen LogP contribution in [-0.2, 0) is 13.7 Å². The molecule has 3 rings (SSSR count). The van der Waals surface area contributed by atoms with Gasteiger partial charge in [0.25, 0.3) is 5.91 Å². The van der Waals surface area contributed by atoms with Gasteiger partial charge in [0.05, 0.1) is 5.56 Å². The second-order valence-corrected chi connectivity index (χ2v) is 6.00. The van der Waals surface area contributed by atoms with Gasteiger partial charge in [-0.05, 0) is 41.3 Å². The summed E-state index contributed by atoms with van der Waals surface area (Å²) in [6.45, 7) is 4.03. The number of piperidine rings is 1. The lowest BCUT2D eigenvalue weighted by atomic mass is 9.99. The number of carbonyl (C=O) groups is 1. The van der Waals surface area contributed by atoms with Gasteiger partial charge in [0.15, 0.2) is 5.82 Å². The SMILES string of the molecule is C[C@@H]1CCCN(C(=O)c2ccccc2OCc2nnnn2C)C1. The Morgan fingerprint density at radius 2 is 2.22 bits per heavy atom. The third-order valence-electron chi connectivity index (χ3n) is 4.13. The number of carbonyl (C=O) groups excluding carboxylic acids is 1. The third-order valence-corrected chi connectivity index (χ3v) is 4.13. The van der Waals surface area contributed by atoms with Crippen LogP contribution in [0.1, 0.15) is 35.9 Å². The topological polar surface area (TPSA) is 73.1 Å². The fraction of sp³-hybridized carbons (Fsp3) is 0.500. The van der Waals surface area contributed by atoms with Crippen LogP contribution in [0.25, 0.3) is 0 Å². The predicted molar refractivity (Wildman–Crippen MR) is 83.9 cm³/mol. The van der Waals surface area contributed by atoms with Gasteiger partial charge >= 0.3 is 0 Å². The van der Waals surface area contributed by atoms with Crippen molar-refractivity contribution in [3.05, 3.63) is 35.7 Å². The second-order valence-electron chi connectivity index (χ2n) is 6.00. The first kappa shape index (κ1) is 15.5. The van der Waals surface area contributed by atoms with Gasteiger partial charge in [-0.2, -0.15) is 0 Å². The van der Waals surface area contributed by atoms with Crippen LogP contribution < -0.4 is 4.74 Å². The van der Waals surface area contributed by atoms with Crippen LogP contribution in [0.15, 0.2) is 24.3 Å². The Kier molecular flexibility index (Phi) is 4.55. The zero-order chi connectivity index (χ0) is 16.2. The molecule has 0 bridgehead atoms. The number of aryl methyl sites for hydroxylation is 1. The number of rotatable bonds is 4. The highest BCUT2D eigenvalue weighted by Crippen LogP contribution is 2.24. The van der Waals surface area contributed by atoms with Crippen LogP contribution in [0, 0.1) is 5.92 Å². The molecule has 1 aromatic carbocycles. The maximum atomic E-state index is 12.8. The monoisotopic (exact) mass is 315 g/mol. The number of benzene rings is 1. The van der Waals surface area contributed by atoms with E-state index in [1.54, 1.807) is 11.7 Å². The largest absolute Gasteiger partial charge is 0.485 e. The quantitative estimate of drug-likeness (QED) is 0.858. The molecule has 1 aromatic heterocycles. The molecule has 0 spiro atoms. The van der Waals surface area contributed by atoms with Crippen LogP contribution in [0.5, 0.6) is 5.75 Å². The van der Waals surface area contributed by atoms with E-state index < -0.39 is 0 Å². The molecule has 0 unspecified atom stereocenters. The van der Waals surface area contributed by atoms with Crippen molar-refractivity contribution >= 4 is 5.91 Å². The summed E-state index contributed by atoms with van der Waals surface area (Å²) in [5.74, 6) is 1.76. The molecule has 7 nitrogen and oxygen atoms in total. The molecule has 1 saturated heterocycles. The molecule has 122 valence electrons. The van der Waals surface area contributed by atoms with Crippen molar-refractivity contribution in [3.63, 3.8) is 0 Å². The standard InChI is InChI=1S/C16H21N5O2/c1-12-6-5-9-21(10-12)16(22)13-7-3-4-8-14(13)23-11-15-17-18-19-20(15)2/h3-4,7-8,12H,5-6,9-11H2,1-2H3/t12-/m1/s1. The first-order chi connectivity index (χ1) is 11.1. The molecule has 0 aliphatic carbocycles. The number of hydrogen-bond donors (Lipinski definition) is 0. The molecule has 7 heteroatoms. The Labute approximate surface area is 135 Å². The van der Waals surface area contributed by atoms with Gasteiger partial charge < -0.3 is 9.64 Å². The zero-order valence-electron chi connectivity index (χ0n) is 13.5. The number of amides is 1. The maximum absolute atomic E-state index is 12.8. The molecular formula is C16H21N5O2. The lowest BCUT2D eigenvalue weighted by Crippen LogP contribution is -2.39. The summed E-state index contributed by atoms with van der Waals surface area (Å²) in [4.78, 5) is 14.7. The van der Waals surface area contributed by atoms with Gasteiger partial charge in [0, 0.05) is 20.1 Å². The molecule has 0 saturated carbocycles. The van der Waals surface area contributed by atoms with Gasteiger partial charge in [0.1, 0.15) is 12.4 Å². The van der Waals surface area contributed by atoms with Gasteiger partial charge in [-0.1, -0.05) is 19.1 Å². The Balaban J connectivity index is 1.74. The van der Waals surface area contributed by atoms with Crippen LogP contribution in [0.4, 0.5) is 0 Å². The highest BCUT2D eigenvalue weighted by atomic mass is 16.5. The van der Waals surface area contributed by atoms with Crippen molar-refractivity contribution in [2.45, 2.75) is 26.4 Å². The van der Waals surface area contributed by atoms with Crippen molar-refractivity contribution < 1.29 is 9.53 Å². The van der Waals surface area contributed by atoms with Crippen LogP contribution in [-0.4, -0.2) is 44.1 Å². The van der Waals surface area contributed by atoms with E-state index >= 15 is 0 Å². The summed E-state index contributed by atoms with van der Waals surface area (Å²) in [6.07, 6.45) is 2.24. The van der Waals surface area contributed by atoms with E-state index in [1.165, 1.54) is 6.42 Å². The zero-order valence-corrected chi connectivity index (χ0v) is 13.5. The predicted octanol–water partition coefficient (Wildman–Crippen LogP) is 1.66. The molecule has 2 heterocycles. The Morgan fingerprint density at radius 1 is 1.39 bits per heavy atom. The number of nitrogens with zero attached hydrogens (tertiary/aromatic N) is 5. The average molecular weight is 315 g/mol. The molecule has 2 aromatic rings. The van der Waals surface area contributed by atoms with E-state index in [0.717, 1.165) is 19.5 Å². The fourth-order valence-corrected chi connectivity index (χ4v) is 2.83. The minimum absolute atomic E-state index is 0.0308. The highest BCUT2D eigenvalue weighted by molar-refractivity contribution is 5.97. The lowest BCUT2D eigenvalue weighted by molar-refractivity contribution is 0.0678. The maximum Gasteiger partial charge on any atom is 0.257 e. The van der Waals surface area contributed by atoms with E-state index in [1.807, 2.05) is 29.2 Å². The summed E-state index contributed by atoms with van der Waals surface area (Å²) in [5.41, 5.74) is 0.594. The normalized spacial score (nSPS) is 18.0. The molecule has 1 aliphatic rings. The molecular weight excluding hydrogens is 294 g/mol. The number of ether oxygens (including phenoxy) is 1. The molecule has 23 heavy (non-hydrogen) atoms. The summed E-state index contributed by atoms with van der Waals surface area (Å²) in [7, 11) is 1.75. The summed E-state index contributed by atoms with van der Waals surface area (Å²) < 4.78 is 7.34. The van der Waals surface area contributed by atoms with E-state index in [2.05, 4.69) is 22.4 Å².